The van der Waals surface area contributed by atoms with Crippen molar-refractivity contribution in [2.75, 3.05) is 33.4 Å². The Labute approximate surface area is 129 Å². The number of aromatic nitrogens is 2. The Bertz CT molecular complexity index is 443. The number of nitrogens with zero attached hydrogens (tertiary/aromatic N) is 3. The summed E-state index contributed by atoms with van der Waals surface area (Å²) in [4.78, 5) is 2.26. The number of aliphatic hydroxyl groups excluding tert-OH is 2. The van der Waals surface area contributed by atoms with Gasteiger partial charge in [-0.2, -0.15) is 0 Å². The number of rotatable bonds is 7. The molecular weight excluding hydrogens is 290 g/mol. The molecule has 1 fully saturated rings. The van der Waals surface area contributed by atoms with Gasteiger partial charge in [-0.25, -0.2) is 0 Å². The molecule has 0 bridgehead atoms. The zero-order valence-electron chi connectivity index (χ0n) is 12.8. The summed E-state index contributed by atoms with van der Waals surface area (Å²) in [6.45, 7) is 4.86. The minimum absolute atomic E-state index is 0.00350. The van der Waals surface area contributed by atoms with Crippen LogP contribution in [0.15, 0.2) is 0 Å². The van der Waals surface area contributed by atoms with Gasteiger partial charge in [0.05, 0.1) is 19.3 Å². The molecule has 0 unspecified atom stereocenters. The Morgan fingerprint density at radius 2 is 2.29 bits per heavy atom. The van der Waals surface area contributed by atoms with Crippen LogP contribution in [0.5, 0.6) is 0 Å². The normalized spacial score (nSPS) is 27.1. The van der Waals surface area contributed by atoms with Crippen LogP contribution in [-0.2, 0) is 11.3 Å². The van der Waals surface area contributed by atoms with E-state index in [-0.39, 0.29) is 6.61 Å². The number of hydrogen-bond donors (Lipinski definition) is 2. The molecule has 1 aliphatic rings. The molecule has 0 radical (unpaired) electrons. The summed E-state index contributed by atoms with van der Waals surface area (Å²) in [6.07, 6.45) is 1.85. The quantitative estimate of drug-likeness (QED) is 0.725. The topological polar surface area (TPSA) is 78.7 Å². The Hall–Kier alpha value is -0.600. The van der Waals surface area contributed by atoms with Gasteiger partial charge in [-0.1, -0.05) is 0 Å². The first kappa shape index (κ1) is 16.8. The summed E-state index contributed by atoms with van der Waals surface area (Å²) in [5.74, 6) is 0. The van der Waals surface area contributed by atoms with Gasteiger partial charge in [0, 0.05) is 32.2 Å². The number of methoxy groups -OCH3 is 1. The maximum absolute atomic E-state index is 10.4. The van der Waals surface area contributed by atoms with Crippen LogP contribution in [0.4, 0.5) is 0 Å². The molecule has 7 heteroatoms. The van der Waals surface area contributed by atoms with Crippen molar-refractivity contribution in [3.05, 3.63) is 10.0 Å². The fourth-order valence-corrected chi connectivity index (χ4v) is 3.77. The third-order valence-electron chi connectivity index (χ3n) is 4.23. The molecule has 2 atom stereocenters. The van der Waals surface area contributed by atoms with Gasteiger partial charge in [-0.3, -0.25) is 4.90 Å². The summed E-state index contributed by atoms with van der Waals surface area (Å²) < 4.78 is 5.09. The molecule has 1 aliphatic heterocycles. The molecule has 2 heterocycles. The van der Waals surface area contributed by atoms with Crippen LogP contribution in [0.2, 0.25) is 0 Å². The second kappa shape index (κ2) is 7.60. The maximum Gasteiger partial charge on any atom is 0.131 e. The standard InChI is InChI=1S/C14H25N3O3S/c1-11-15-16-13(21-11)8-17-6-4-12(19)14(9-17,10-18)5-3-7-20-2/h12,18-19H,3-10H2,1-2H3/t12-,14+/m1/s1. The molecule has 0 saturated carbocycles. The lowest BCUT2D eigenvalue weighted by atomic mass is 9.74. The third-order valence-corrected chi connectivity index (χ3v) is 5.05. The highest BCUT2D eigenvalue weighted by atomic mass is 32.1. The monoisotopic (exact) mass is 315 g/mol. The van der Waals surface area contributed by atoms with E-state index in [0.717, 1.165) is 35.9 Å². The third kappa shape index (κ3) is 4.20. The van der Waals surface area contributed by atoms with Crippen molar-refractivity contribution in [1.29, 1.82) is 0 Å². The summed E-state index contributed by atoms with van der Waals surface area (Å²) in [6, 6.07) is 0. The van der Waals surface area contributed by atoms with Crippen LogP contribution < -0.4 is 0 Å². The number of piperidine rings is 1. The van der Waals surface area contributed by atoms with Crippen LogP contribution in [0.1, 0.15) is 29.3 Å². The highest BCUT2D eigenvalue weighted by Crippen LogP contribution is 2.35. The second-order valence-electron chi connectivity index (χ2n) is 5.85. The van der Waals surface area contributed by atoms with E-state index >= 15 is 0 Å². The van der Waals surface area contributed by atoms with Gasteiger partial charge in [-0.05, 0) is 26.2 Å². The number of aryl methyl sites for hydroxylation is 1. The average Bonchev–Trinajstić information content (AvgIpc) is 2.88. The van der Waals surface area contributed by atoms with Gasteiger partial charge < -0.3 is 14.9 Å². The Balaban J connectivity index is 1.99. The summed E-state index contributed by atoms with van der Waals surface area (Å²) in [5.41, 5.74) is -0.448. The van der Waals surface area contributed by atoms with E-state index in [1.54, 1.807) is 18.4 Å². The van der Waals surface area contributed by atoms with Crippen LogP contribution in [-0.4, -0.2) is 64.8 Å². The van der Waals surface area contributed by atoms with E-state index in [9.17, 15) is 10.2 Å². The highest BCUT2D eigenvalue weighted by Gasteiger charge is 2.41. The minimum Gasteiger partial charge on any atom is -0.396 e. The molecule has 2 N–H and O–H groups in total. The average molecular weight is 315 g/mol. The molecule has 1 saturated heterocycles. The second-order valence-corrected chi connectivity index (χ2v) is 7.11. The summed E-state index contributed by atoms with van der Waals surface area (Å²) in [5, 5.41) is 30.4. The molecule has 1 aromatic heterocycles. The van der Waals surface area contributed by atoms with Crippen LogP contribution in [0.25, 0.3) is 0 Å². The van der Waals surface area contributed by atoms with Crippen LogP contribution in [0.3, 0.4) is 0 Å². The molecular formula is C14H25N3O3S. The zero-order chi connectivity index (χ0) is 15.3. The van der Waals surface area contributed by atoms with Crippen molar-refractivity contribution in [2.24, 2.45) is 5.41 Å². The summed E-state index contributed by atoms with van der Waals surface area (Å²) >= 11 is 1.60. The molecule has 0 amide bonds. The van der Waals surface area contributed by atoms with Crippen molar-refractivity contribution in [3.63, 3.8) is 0 Å². The largest absolute Gasteiger partial charge is 0.396 e. The van der Waals surface area contributed by atoms with E-state index in [1.165, 1.54) is 0 Å². The maximum atomic E-state index is 10.4. The van der Waals surface area contributed by atoms with Gasteiger partial charge in [0.25, 0.3) is 0 Å². The number of aliphatic hydroxyl groups is 2. The number of hydrogen-bond acceptors (Lipinski definition) is 7. The predicted octanol–water partition coefficient (Wildman–Crippen LogP) is 0.818. The molecule has 0 spiro atoms. The lowest BCUT2D eigenvalue weighted by Crippen LogP contribution is -2.53. The number of ether oxygens (including phenoxy) is 1. The Morgan fingerprint density at radius 3 is 2.90 bits per heavy atom. The van der Waals surface area contributed by atoms with Crippen molar-refractivity contribution >= 4 is 11.3 Å². The van der Waals surface area contributed by atoms with E-state index in [1.807, 2.05) is 6.92 Å². The van der Waals surface area contributed by atoms with Gasteiger partial charge in [-0.15, -0.1) is 21.5 Å². The van der Waals surface area contributed by atoms with Crippen molar-refractivity contribution < 1.29 is 14.9 Å². The molecule has 21 heavy (non-hydrogen) atoms. The van der Waals surface area contributed by atoms with E-state index in [2.05, 4.69) is 15.1 Å². The lowest BCUT2D eigenvalue weighted by Gasteiger charge is -2.45. The first-order chi connectivity index (χ1) is 10.1. The first-order valence-electron chi connectivity index (χ1n) is 7.39. The van der Waals surface area contributed by atoms with Gasteiger partial charge in [0.1, 0.15) is 10.0 Å². The molecule has 6 nitrogen and oxygen atoms in total. The summed E-state index contributed by atoms with van der Waals surface area (Å²) in [7, 11) is 1.67. The first-order valence-corrected chi connectivity index (χ1v) is 8.20. The molecule has 2 rings (SSSR count). The van der Waals surface area contributed by atoms with E-state index in [0.29, 0.717) is 19.6 Å². The van der Waals surface area contributed by atoms with Crippen LogP contribution in [0, 0.1) is 12.3 Å². The number of likely N-dealkylation sites (tertiary alicyclic amines) is 1. The van der Waals surface area contributed by atoms with Gasteiger partial charge in [0.2, 0.25) is 0 Å². The van der Waals surface area contributed by atoms with Gasteiger partial charge >= 0.3 is 0 Å². The molecule has 0 aromatic carbocycles. The van der Waals surface area contributed by atoms with E-state index in [4.69, 9.17) is 4.74 Å². The SMILES string of the molecule is COCCC[C@@]1(CO)CN(Cc2nnc(C)s2)CC[C@H]1O. The predicted molar refractivity (Wildman–Crippen MR) is 81.2 cm³/mol. The highest BCUT2D eigenvalue weighted by molar-refractivity contribution is 7.11. The van der Waals surface area contributed by atoms with Gasteiger partial charge in [0.15, 0.2) is 0 Å². The van der Waals surface area contributed by atoms with Crippen molar-refractivity contribution in [3.8, 4) is 0 Å². The fourth-order valence-electron chi connectivity index (χ4n) is 3.02. The minimum atomic E-state index is -0.452. The molecule has 0 aliphatic carbocycles. The van der Waals surface area contributed by atoms with E-state index < -0.39 is 11.5 Å². The molecule has 120 valence electrons. The van der Waals surface area contributed by atoms with Crippen LogP contribution >= 0.6 is 11.3 Å². The Morgan fingerprint density at radius 1 is 1.48 bits per heavy atom. The molecule has 1 aromatic rings. The fraction of sp³-hybridized carbons (Fsp3) is 0.857. The smallest absolute Gasteiger partial charge is 0.131 e. The van der Waals surface area contributed by atoms with Crippen molar-refractivity contribution in [1.82, 2.24) is 15.1 Å². The van der Waals surface area contributed by atoms with Crippen molar-refractivity contribution in [2.45, 2.75) is 38.8 Å². The zero-order valence-corrected chi connectivity index (χ0v) is 13.6. The lowest BCUT2D eigenvalue weighted by molar-refractivity contribution is -0.0843. The Kier molecular flexibility index (Phi) is 6.07.